The molecule has 0 unspecified atom stereocenters. The minimum atomic E-state index is -0.400. The summed E-state index contributed by atoms with van der Waals surface area (Å²) in [5.41, 5.74) is -0.357. The number of fused-ring (bicyclic) bond motifs is 1. The summed E-state index contributed by atoms with van der Waals surface area (Å²) in [6.45, 7) is 0. The highest BCUT2D eigenvalue weighted by Crippen LogP contribution is 2.12. The second-order valence-corrected chi connectivity index (χ2v) is 2.83. The maximum absolute atomic E-state index is 13.2. The summed E-state index contributed by atoms with van der Waals surface area (Å²) in [4.78, 5) is 16.4. The van der Waals surface area contributed by atoms with Gasteiger partial charge in [-0.1, -0.05) is 6.07 Å². The van der Waals surface area contributed by atoms with Crippen molar-refractivity contribution in [3.05, 3.63) is 46.6 Å². The van der Waals surface area contributed by atoms with Crippen LogP contribution in [0.4, 0.5) is 4.39 Å². The number of aromatic nitrogens is 1. The molecule has 0 saturated carbocycles. The van der Waals surface area contributed by atoms with Gasteiger partial charge in [-0.3, -0.25) is 4.79 Å². The molecule has 0 aliphatic carbocycles. The third-order valence-electron chi connectivity index (χ3n) is 2.06. The fourth-order valence-electron chi connectivity index (χ4n) is 1.37. The normalized spacial score (nSPS) is 10.4. The van der Waals surface area contributed by atoms with E-state index in [0.29, 0.717) is 10.8 Å². The molecular weight excluding hydrogens is 185 g/mol. The van der Waals surface area contributed by atoms with E-state index in [2.05, 4.69) is 0 Å². The third kappa shape index (κ3) is 1.16. The molecule has 2 aromatic rings. The first-order chi connectivity index (χ1) is 6.74. The van der Waals surface area contributed by atoms with Gasteiger partial charge in [0.15, 0.2) is 0 Å². The molecule has 1 aromatic heterocycles. The molecule has 0 spiro atoms. The van der Waals surface area contributed by atoms with E-state index >= 15 is 0 Å². The van der Waals surface area contributed by atoms with Crippen LogP contribution in [0.5, 0.6) is 0 Å². The van der Waals surface area contributed by atoms with E-state index < -0.39 is 5.82 Å². The zero-order valence-corrected chi connectivity index (χ0v) is 7.53. The summed E-state index contributed by atoms with van der Waals surface area (Å²) in [5.74, 6) is -0.400. The quantitative estimate of drug-likeness (QED) is 0.681. The molecule has 0 fully saturated rings. The molecule has 3 nitrogen and oxygen atoms in total. The lowest BCUT2D eigenvalue weighted by Gasteiger charge is -2.04. The van der Waals surface area contributed by atoms with Crippen molar-refractivity contribution in [3.63, 3.8) is 0 Å². The van der Waals surface area contributed by atoms with Crippen LogP contribution in [0, 0.1) is 5.82 Å². The van der Waals surface area contributed by atoms with Crippen molar-refractivity contribution in [1.82, 2.24) is 4.73 Å². The summed E-state index contributed by atoms with van der Waals surface area (Å²) in [6, 6.07) is 5.89. The van der Waals surface area contributed by atoms with Gasteiger partial charge in [0.25, 0.3) is 5.56 Å². The van der Waals surface area contributed by atoms with Crippen molar-refractivity contribution in [2.75, 3.05) is 7.11 Å². The van der Waals surface area contributed by atoms with E-state index in [1.165, 1.54) is 31.5 Å². The Bertz CT molecular complexity index is 533. The highest BCUT2D eigenvalue weighted by Gasteiger charge is 2.05. The van der Waals surface area contributed by atoms with Crippen LogP contribution in [-0.2, 0) is 0 Å². The van der Waals surface area contributed by atoms with Crippen LogP contribution in [-0.4, -0.2) is 11.8 Å². The Morgan fingerprint density at radius 1 is 1.29 bits per heavy atom. The molecule has 0 bridgehead atoms. The van der Waals surface area contributed by atoms with Gasteiger partial charge in [-0.15, -0.1) is 0 Å². The minimum absolute atomic E-state index is 0.311. The predicted molar refractivity (Wildman–Crippen MR) is 50.7 cm³/mol. The molecule has 0 atom stereocenters. The maximum atomic E-state index is 13.2. The number of nitrogens with zero attached hydrogens (tertiary/aromatic N) is 1. The summed E-state index contributed by atoms with van der Waals surface area (Å²) >= 11 is 0. The molecule has 72 valence electrons. The second kappa shape index (κ2) is 3.14. The first kappa shape index (κ1) is 8.74. The summed E-state index contributed by atoms with van der Waals surface area (Å²) in [7, 11) is 1.38. The van der Waals surface area contributed by atoms with Crippen LogP contribution in [0.3, 0.4) is 0 Å². The van der Waals surface area contributed by atoms with E-state index in [1.54, 1.807) is 6.07 Å². The Morgan fingerprint density at radius 3 is 2.79 bits per heavy atom. The highest BCUT2D eigenvalue weighted by atomic mass is 19.1. The van der Waals surface area contributed by atoms with Crippen molar-refractivity contribution in [2.45, 2.75) is 0 Å². The molecule has 0 N–H and O–H groups in total. The van der Waals surface area contributed by atoms with Crippen molar-refractivity contribution < 1.29 is 9.23 Å². The van der Waals surface area contributed by atoms with E-state index in [4.69, 9.17) is 4.84 Å². The molecule has 0 aliphatic heterocycles. The Hall–Kier alpha value is -1.84. The summed E-state index contributed by atoms with van der Waals surface area (Å²) in [5, 5.41) is 0.625. The van der Waals surface area contributed by atoms with Crippen LogP contribution in [0.15, 0.2) is 35.3 Å². The van der Waals surface area contributed by atoms with Gasteiger partial charge in [-0.05, 0) is 18.2 Å². The van der Waals surface area contributed by atoms with Gasteiger partial charge < -0.3 is 4.84 Å². The van der Waals surface area contributed by atoms with E-state index in [1.807, 2.05) is 0 Å². The van der Waals surface area contributed by atoms with Crippen LogP contribution in [0.25, 0.3) is 10.8 Å². The van der Waals surface area contributed by atoms with Gasteiger partial charge in [0.05, 0.1) is 5.39 Å². The lowest BCUT2D eigenvalue weighted by atomic mass is 10.2. The third-order valence-corrected chi connectivity index (χ3v) is 2.06. The van der Waals surface area contributed by atoms with Gasteiger partial charge in [-0.2, -0.15) is 4.73 Å². The molecule has 1 heterocycles. The molecule has 0 saturated heterocycles. The van der Waals surface area contributed by atoms with E-state index in [9.17, 15) is 9.18 Å². The summed E-state index contributed by atoms with van der Waals surface area (Å²) in [6.07, 6.45) is 1.40. The van der Waals surface area contributed by atoms with Gasteiger partial charge in [-0.25, -0.2) is 4.39 Å². The van der Waals surface area contributed by atoms with E-state index in [-0.39, 0.29) is 5.56 Å². The average molecular weight is 193 g/mol. The number of hydrogen-bond acceptors (Lipinski definition) is 2. The maximum Gasteiger partial charge on any atom is 0.290 e. The smallest absolute Gasteiger partial charge is 0.290 e. The number of rotatable bonds is 1. The Balaban J connectivity index is 2.91. The lowest BCUT2D eigenvalue weighted by Crippen LogP contribution is -2.24. The monoisotopic (exact) mass is 193 g/mol. The highest BCUT2D eigenvalue weighted by molar-refractivity contribution is 5.81. The number of pyridine rings is 1. The first-order valence-corrected chi connectivity index (χ1v) is 4.08. The Labute approximate surface area is 79.3 Å². The largest absolute Gasteiger partial charge is 0.414 e. The zero-order chi connectivity index (χ0) is 10.1. The first-order valence-electron chi connectivity index (χ1n) is 4.08. The predicted octanol–water partition coefficient (Wildman–Crippen LogP) is 1.20. The topological polar surface area (TPSA) is 31.2 Å². The van der Waals surface area contributed by atoms with Gasteiger partial charge >= 0.3 is 0 Å². The fourth-order valence-corrected chi connectivity index (χ4v) is 1.37. The van der Waals surface area contributed by atoms with Crippen molar-refractivity contribution in [3.8, 4) is 0 Å². The molecular formula is C10H8FNO2. The lowest BCUT2D eigenvalue weighted by molar-refractivity contribution is 0.158. The SMILES string of the molecule is COn1ccc2c(F)cccc2c1=O. The average Bonchev–Trinajstić information content (AvgIpc) is 2.20. The van der Waals surface area contributed by atoms with Crippen LogP contribution < -0.4 is 10.4 Å². The number of hydrogen-bond donors (Lipinski definition) is 0. The molecule has 14 heavy (non-hydrogen) atoms. The number of benzene rings is 1. The molecule has 0 amide bonds. The molecule has 4 heteroatoms. The van der Waals surface area contributed by atoms with Crippen molar-refractivity contribution >= 4 is 10.8 Å². The van der Waals surface area contributed by atoms with Gasteiger partial charge in [0.2, 0.25) is 0 Å². The van der Waals surface area contributed by atoms with Crippen LogP contribution >= 0.6 is 0 Å². The van der Waals surface area contributed by atoms with Crippen molar-refractivity contribution in [2.24, 2.45) is 0 Å². The van der Waals surface area contributed by atoms with Crippen LogP contribution in [0.1, 0.15) is 0 Å². The molecule has 2 rings (SSSR count). The van der Waals surface area contributed by atoms with Crippen molar-refractivity contribution in [1.29, 1.82) is 0 Å². The Morgan fingerprint density at radius 2 is 2.07 bits per heavy atom. The summed E-state index contributed by atoms with van der Waals surface area (Å²) < 4.78 is 14.3. The van der Waals surface area contributed by atoms with Gasteiger partial charge in [0.1, 0.15) is 12.9 Å². The van der Waals surface area contributed by atoms with Gasteiger partial charge in [0, 0.05) is 11.6 Å². The fraction of sp³-hybridized carbons (Fsp3) is 0.100. The zero-order valence-electron chi connectivity index (χ0n) is 7.53. The Kier molecular flexibility index (Phi) is 1.96. The second-order valence-electron chi connectivity index (χ2n) is 2.83. The molecule has 0 aliphatic rings. The van der Waals surface area contributed by atoms with E-state index in [0.717, 1.165) is 4.73 Å². The molecule has 0 radical (unpaired) electrons. The number of halogens is 1. The minimum Gasteiger partial charge on any atom is -0.414 e. The molecule has 1 aromatic carbocycles. The van der Waals surface area contributed by atoms with Crippen LogP contribution in [0.2, 0.25) is 0 Å². The standard InChI is InChI=1S/C10H8FNO2/c1-14-12-6-5-7-8(10(12)13)3-2-4-9(7)11/h2-6H,1H3.